The Kier molecular flexibility index (Phi) is 4.52. The van der Waals surface area contributed by atoms with Crippen molar-refractivity contribution in [3.05, 3.63) is 11.9 Å². The van der Waals surface area contributed by atoms with E-state index in [1.54, 1.807) is 0 Å². The maximum Gasteiger partial charge on any atom is 0.221 e. The molecule has 4 heteroatoms. The molecule has 1 rings (SSSR count). The van der Waals surface area contributed by atoms with Crippen LogP contribution in [0.1, 0.15) is 33.3 Å². The summed E-state index contributed by atoms with van der Waals surface area (Å²) < 4.78 is 5.80. The standard InChI is InChI=1S/C12H21N3O/c1-6-13-11-9(4)12(15-7-14-11)16-10(5)8(2)3/h7-8,10H,6H2,1-5H3,(H,13,14,15). The molecule has 1 heterocycles. The van der Waals surface area contributed by atoms with Crippen molar-refractivity contribution in [1.82, 2.24) is 9.97 Å². The predicted molar refractivity (Wildman–Crippen MR) is 65.9 cm³/mol. The Labute approximate surface area is 97.5 Å². The van der Waals surface area contributed by atoms with Crippen LogP contribution in [0, 0.1) is 12.8 Å². The minimum Gasteiger partial charge on any atom is -0.474 e. The van der Waals surface area contributed by atoms with Crippen LogP contribution in [0.3, 0.4) is 0 Å². The predicted octanol–water partition coefficient (Wildman–Crippen LogP) is 2.64. The fourth-order valence-corrected chi connectivity index (χ4v) is 1.21. The Hall–Kier alpha value is -1.32. The van der Waals surface area contributed by atoms with Crippen LogP contribution in [0.15, 0.2) is 6.33 Å². The molecule has 0 radical (unpaired) electrons. The van der Waals surface area contributed by atoms with Gasteiger partial charge in [0.2, 0.25) is 5.88 Å². The van der Waals surface area contributed by atoms with Crippen molar-refractivity contribution >= 4 is 5.82 Å². The second-order valence-corrected chi connectivity index (χ2v) is 4.25. The van der Waals surface area contributed by atoms with Crippen LogP contribution >= 0.6 is 0 Å². The van der Waals surface area contributed by atoms with Gasteiger partial charge in [-0.05, 0) is 26.7 Å². The van der Waals surface area contributed by atoms with Gasteiger partial charge in [-0.15, -0.1) is 0 Å². The van der Waals surface area contributed by atoms with E-state index < -0.39 is 0 Å². The average molecular weight is 223 g/mol. The summed E-state index contributed by atoms with van der Waals surface area (Å²) >= 11 is 0. The van der Waals surface area contributed by atoms with Gasteiger partial charge >= 0.3 is 0 Å². The normalized spacial score (nSPS) is 12.6. The van der Waals surface area contributed by atoms with E-state index in [2.05, 4.69) is 36.1 Å². The number of anilines is 1. The van der Waals surface area contributed by atoms with E-state index in [0.29, 0.717) is 11.8 Å². The molecule has 16 heavy (non-hydrogen) atoms. The van der Waals surface area contributed by atoms with E-state index in [1.165, 1.54) is 6.33 Å². The van der Waals surface area contributed by atoms with Gasteiger partial charge in [0.1, 0.15) is 12.1 Å². The Morgan fingerprint density at radius 3 is 2.56 bits per heavy atom. The molecule has 0 fully saturated rings. The lowest BCUT2D eigenvalue weighted by atomic mass is 10.1. The third-order valence-corrected chi connectivity index (χ3v) is 2.62. The highest BCUT2D eigenvalue weighted by atomic mass is 16.5. The van der Waals surface area contributed by atoms with Crippen molar-refractivity contribution in [3.8, 4) is 5.88 Å². The number of nitrogens with zero attached hydrogens (tertiary/aromatic N) is 2. The quantitative estimate of drug-likeness (QED) is 0.833. The third-order valence-electron chi connectivity index (χ3n) is 2.62. The maximum atomic E-state index is 5.80. The number of aromatic nitrogens is 2. The first kappa shape index (κ1) is 12.7. The summed E-state index contributed by atoms with van der Waals surface area (Å²) in [6.07, 6.45) is 1.69. The molecule has 0 aliphatic heterocycles. The summed E-state index contributed by atoms with van der Waals surface area (Å²) in [4.78, 5) is 8.35. The molecular weight excluding hydrogens is 202 g/mol. The van der Waals surface area contributed by atoms with Crippen LogP contribution in [-0.2, 0) is 0 Å². The summed E-state index contributed by atoms with van der Waals surface area (Å²) in [6, 6.07) is 0. The monoisotopic (exact) mass is 223 g/mol. The van der Waals surface area contributed by atoms with E-state index in [4.69, 9.17) is 4.74 Å². The lowest BCUT2D eigenvalue weighted by Gasteiger charge is -2.19. The van der Waals surface area contributed by atoms with Crippen LogP contribution in [0.5, 0.6) is 5.88 Å². The van der Waals surface area contributed by atoms with E-state index in [0.717, 1.165) is 17.9 Å². The van der Waals surface area contributed by atoms with Crippen LogP contribution < -0.4 is 10.1 Å². The first-order valence-electron chi connectivity index (χ1n) is 5.78. The zero-order valence-corrected chi connectivity index (χ0v) is 10.7. The fourth-order valence-electron chi connectivity index (χ4n) is 1.21. The molecule has 1 N–H and O–H groups in total. The van der Waals surface area contributed by atoms with Gasteiger partial charge in [0.25, 0.3) is 0 Å². The van der Waals surface area contributed by atoms with Crippen molar-refractivity contribution in [2.45, 2.75) is 40.7 Å². The average Bonchev–Trinajstić information content (AvgIpc) is 2.24. The molecule has 0 bridgehead atoms. The second-order valence-electron chi connectivity index (χ2n) is 4.25. The van der Waals surface area contributed by atoms with Crippen molar-refractivity contribution in [1.29, 1.82) is 0 Å². The largest absolute Gasteiger partial charge is 0.474 e. The highest BCUT2D eigenvalue weighted by Crippen LogP contribution is 2.22. The zero-order chi connectivity index (χ0) is 12.1. The first-order valence-corrected chi connectivity index (χ1v) is 5.78. The Balaban J connectivity index is 2.84. The van der Waals surface area contributed by atoms with Gasteiger partial charge < -0.3 is 10.1 Å². The van der Waals surface area contributed by atoms with E-state index in [9.17, 15) is 0 Å². The molecule has 0 saturated carbocycles. The number of hydrogen-bond donors (Lipinski definition) is 1. The molecule has 0 aliphatic rings. The second kappa shape index (κ2) is 5.68. The molecule has 0 saturated heterocycles. The number of nitrogens with one attached hydrogen (secondary N) is 1. The Morgan fingerprint density at radius 2 is 2.00 bits per heavy atom. The topological polar surface area (TPSA) is 47.0 Å². The SMILES string of the molecule is CCNc1ncnc(OC(C)C(C)C)c1C. The molecule has 0 aliphatic carbocycles. The summed E-state index contributed by atoms with van der Waals surface area (Å²) in [7, 11) is 0. The zero-order valence-electron chi connectivity index (χ0n) is 10.7. The summed E-state index contributed by atoms with van der Waals surface area (Å²) in [6.45, 7) is 11.2. The van der Waals surface area contributed by atoms with Gasteiger partial charge in [-0.3, -0.25) is 0 Å². The molecule has 0 spiro atoms. The fraction of sp³-hybridized carbons (Fsp3) is 0.667. The molecule has 1 aromatic rings. The minimum atomic E-state index is 0.156. The van der Waals surface area contributed by atoms with Gasteiger partial charge in [0, 0.05) is 6.54 Å². The third kappa shape index (κ3) is 3.08. The molecule has 90 valence electrons. The molecule has 1 aromatic heterocycles. The number of ether oxygens (including phenoxy) is 1. The number of rotatable bonds is 5. The van der Waals surface area contributed by atoms with Gasteiger partial charge in [-0.1, -0.05) is 13.8 Å². The van der Waals surface area contributed by atoms with Crippen LogP contribution in [-0.4, -0.2) is 22.6 Å². The molecule has 4 nitrogen and oxygen atoms in total. The van der Waals surface area contributed by atoms with Gasteiger partial charge in [0.05, 0.1) is 11.7 Å². The molecule has 1 atom stereocenters. The van der Waals surface area contributed by atoms with Crippen LogP contribution in [0.4, 0.5) is 5.82 Å². The van der Waals surface area contributed by atoms with E-state index in [-0.39, 0.29) is 6.10 Å². The maximum absolute atomic E-state index is 5.80. The van der Waals surface area contributed by atoms with Gasteiger partial charge in [0.15, 0.2) is 0 Å². The van der Waals surface area contributed by atoms with Crippen molar-refractivity contribution in [3.63, 3.8) is 0 Å². The summed E-state index contributed by atoms with van der Waals surface area (Å²) in [5.74, 6) is 1.99. The highest BCUT2D eigenvalue weighted by molar-refractivity contribution is 5.47. The van der Waals surface area contributed by atoms with Crippen molar-refractivity contribution < 1.29 is 4.74 Å². The van der Waals surface area contributed by atoms with Crippen LogP contribution in [0.25, 0.3) is 0 Å². The van der Waals surface area contributed by atoms with Crippen molar-refractivity contribution in [2.24, 2.45) is 5.92 Å². The molecule has 0 amide bonds. The Bertz CT molecular complexity index is 339. The van der Waals surface area contributed by atoms with E-state index >= 15 is 0 Å². The van der Waals surface area contributed by atoms with Crippen LogP contribution in [0.2, 0.25) is 0 Å². The van der Waals surface area contributed by atoms with E-state index in [1.807, 2.05) is 13.8 Å². The minimum absolute atomic E-state index is 0.156. The first-order chi connectivity index (χ1) is 7.56. The lowest BCUT2D eigenvalue weighted by molar-refractivity contribution is 0.162. The van der Waals surface area contributed by atoms with Gasteiger partial charge in [-0.25, -0.2) is 9.97 Å². The van der Waals surface area contributed by atoms with Crippen molar-refractivity contribution in [2.75, 3.05) is 11.9 Å². The molecule has 1 unspecified atom stereocenters. The smallest absolute Gasteiger partial charge is 0.221 e. The molecular formula is C12H21N3O. The molecule has 0 aromatic carbocycles. The van der Waals surface area contributed by atoms with Gasteiger partial charge in [-0.2, -0.15) is 0 Å². The Morgan fingerprint density at radius 1 is 1.31 bits per heavy atom. The number of hydrogen-bond acceptors (Lipinski definition) is 4. The lowest BCUT2D eigenvalue weighted by Crippen LogP contribution is -2.20. The summed E-state index contributed by atoms with van der Waals surface area (Å²) in [5.41, 5.74) is 0.969. The highest BCUT2D eigenvalue weighted by Gasteiger charge is 2.13. The summed E-state index contributed by atoms with van der Waals surface area (Å²) in [5, 5.41) is 3.19.